The molecule has 2 amide bonds. The van der Waals surface area contributed by atoms with Crippen LogP contribution in [0.4, 0.5) is 4.79 Å². The molecule has 1 aliphatic carbocycles. The molecule has 98 valence electrons. The van der Waals surface area contributed by atoms with Gasteiger partial charge in [-0.25, -0.2) is 4.79 Å². The Labute approximate surface area is 104 Å². The zero-order valence-electron chi connectivity index (χ0n) is 10.8. The minimum Gasteiger partial charge on any atom is -0.334 e. The van der Waals surface area contributed by atoms with Gasteiger partial charge in [0.15, 0.2) is 0 Å². The Morgan fingerprint density at radius 2 is 2.00 bits per heavy atom. The average Bonchev–Trinajstić information content (AvgIpc) is 2.32. The van der Waals surface area contributed by atoms with E-state index in [-0.39, 0.29) is 18.1 Å². The topological polar surface area (TPSA) is 58.4 Å². The number of hydrogen-bond acceptors (Lipinski definition) is 2. The van der Waals surface area contributed by atoms with Crippen molar-refractivity contribution in [3.63, 3.8) is 0 Å². The van der Waals surface area contributed by atoms with Crippen LogP contribution in [0.3, 0.4) is 0 Å². The lowest BCUT2D eigenvalue weighted by molar-refractivity contribution is 0.161. The third-order valence-electron chi connectivity index (χ3n) is 4.07. The molecule has 1 saturated heterocycles. The fourth-order valence-corrected chi connectivity index (χ4v) is 2.96. The van der Waals surface area contributed by atoms with Crippen molar-refractivity contribution in [3.05, 3.63) is 0 Å². The van der Waals surface area contributed by atoms with Gasteiger partial charge in [0.2, 0.25) is 0 Å². The molecule has 3 N–H and O–H groups in total. The zero-order chi connectivity index (χ0) is 12.3. The van der Waals surface area contributed by atoms with Crippen LogP contribution in [0.5, 0.6) is 0 Å². The highest BCUT2D eigenvalue weighted by atomic mass is 16.2. The summed E-state index contributed by atoms with van der Waals surface area (Å²) in [4.78, 5) is 14.1. The second kappa shape index (κ2) is 5.71. The van der Waals surface area contributed by atoms with E-state index in [1.807, 2.05) is 4.90 Å². The number of nitrogens with one attached hydrogen (secondary N) is 1. The highest BCUT2D eigenvalue weighted by Gasteiger charge is 2.27. The van der Waals surface area contributed by atoms with Crippen molar-refractivity contribution in [1.82, 2.24) is 10.2 Å². The van der Waals surface area contributed by atoms with Gasteiger partial charge in [-0.05, 0) is 31.6 Å². The van der Waals surface area contributed by atoms with Gasteiger partial charge in [0, 0.05) is 25.2 Å². The van der Waals surface area contributed by atoms with E-state index in [1.165, 1.54) is 19.3 Å². The lowest BCUT2D eigenvalue weighted by Gasteiger charge is -2.35. The predicted molar refractivity (Wildman–Crippen MR) is 68.7 cm³/mol. The summed E-state index contributed by atoms with van der Waals surface area (Å²) in [5.74, 6) is 0.634. The predicted octanol–water partition coefficient (Wildman–Crippen LogP) is 1.70. The number of likely N-dealkylation sites (tertiary alicyclic amines) is 1. The summed E-state index contributed by atoms with van der Waals surface area (Å²) in [6.07, 6.45) is 6.85. The number of urea groups is 1. The number of nitrogens with zero attached hydrogens (tertiary/aromatic N) is 1. The van der Waals surface area contributed by atoms with Crippen molar-refractivity contribution in [2.75, 3.05) is 13.1 Å². The van der Waals surface area contributed by atoms with E-state index in [1.54, 1.807) is 0 Å². The van der Waals surface area contributed by atoms with Gasteiger partial charge in [0.25, 0.3) is 0 Å². The molecule has 2 fully saturated rings. The zero-order valence-corrected chi connectivity index (χ0v) is 10.8. The maximum atomic E-state index is 12.1. The number of rotatable bonds is 1. The standard InChI is InChI=1S/C13H25N3O/c1-10-5-4-8-16(9-10)13(17)15-12-7-3-2-6-11(12)14/h10-12H,2-9,14H2,1H3,(H,15,17)/t10?,11-,12-/m1/s1. The molecule has 4 nitrogen and oxygen atoms in total. The normalized spacial score (nSPS) is 34.5. The van der Waals surface area contributed by atoms with Crippen molar-refractivity contribution in [2.24, 2.45) is 11.7 Å². The average molecular weight is 239 g/mol. The van der Waals surface area contributed by atoms with Crippen molar-refractivity contribution in [3.8, 4) is 0 Å². The summed E-state index contributed by atoms with van der Waals surface area (Å²) in [6, 6.07) is 0.433. The van der Waals surface area contributed by atoms with Gasteiger partial charge in [0.05, 0.1) is 0 Å². The maximum absolute atomic E-state index is 12.1. The third-order valence-corrected chi connectivity index (χ3v) is 4.07. The molecule has 0 aromatic carbocycles. The Morgan fingerprint density at radius 3 is 2.71 bits per heavy atom. The van der Waals surface area contributed by atoms with E-state index in [0.717, 1.165) is 32.4 Å². The molecule has 17 heavy (non-hydrogen) atoms. The molecule has 0 spiro atoms. The van der Waals surface area contributed by atoms with E-state index in [0.29, 0.717) is 5.92 Å². The second-order valence-corrected chi connectivity index (χ2v) is 5.70. The van der Waals surface area contributed by atoms with Crippen LogP contribution in [0.15, 0.2) is 0 Å². The number of carbonyl (C=O) groups excluding carboxylic acids is 1. The molecule has 0 aromatic heterocycles. The molecule has 1 aliphatic heterocycles. The van der Waals surface area contributed by atoms with E-state index in [2.05, 4.69) is 12.2 Å². The van der Waals surface area contributed by atoms with Crippen molar-refractivity contribution < 1.29 is 4.79 Å². The Bertz CT molecular complexity index is 269. The first kappa shape index (κ1) is 12.7. The highest BCUT2D eigenvalue weighted by molar-refractivity contribution is 5.74. The maximum Gasteiger partial charge on any atom is 0.317 e. The molecule has 3 atom stereocenters. The fourth-order valence-electron chi connectivity index (χ4n) is 2.96. The molecule has 2 rings (SSSR count). The first-order chi connectivity index (χ1) is 8.16. The fraction of sp³-hybridized carbons (Fsp3) is 0.923. The Balaban J connectivity index is 1.83. The second-order valence-electron chi connectivity index (χ2n) is 5.70. The smallest absolute Gasteiger partial charge is 0.317 e. The molecule has 1 saturated carbocycles. The summed E-state index contributed by atoms with van der Waals surface area (Å²) < 4.78 is 0. The van der Waals surface area contributed by atoms with E-state index < -0.39 is 0 Å². The molecule has 1 unspecified atom stereocenters. The Kier molecular flexibility index (Phi) is 4.26. The first-order valence-corrected chi connectivity index (χ1v) is 6.98. The summed E-state index contributed by atoms with van der Waals surface area (Å²) in [6.45, 7) is 4.01. The van der Waals surface area contributed by atoms with Crippen LogP contribution in [0, 0.1) is 5.92 Å². The SMILES string of the molecule is CC1CCCN(C(=O)N[C@@H]2CCCC[C@H]2N)C1. The van der Waals surface area contributed by atoms with Gasteiger partial charge in [-0.2, -0.15) is 0 Å². The minimum atomic E-state index is 0.0962. The van der Waals surface area contributed by atoms with Crippen molar-refractivity contribution in [1.29, 1.82) is 0 Å². The van der Waals surface area contributed by atoms with E-state index in [4.69, 9.17) is 5.73 Å². The van der Waals surface area contributed by atoms with Crippen LogP contribution in [0.1, 0.15) is 45.4 Å². The molecule has 0 radical (unpaired) electrons. The largest absolute Gasteiger partial charge is 0.334 e. The van der Waals surface area contributed by atoms with Gasteiger partial charge >= 0.3 is 6.03 Å². The highest BCUT2D eigenvalue weighted by Crippen LogP contribution is 2.19. The van der Waals surface area contributed by atoms with Crippen LogP contribution in [0.25, 0.3) is 0 Å². The molecular weight excluding hydrogens is 214 g/mol. The minimum absolute atomic E-state index is 0.0962. The van der Waals surface area contributed by atoms with Crippen LogP contribution in [-0.2, 0) is 0 Å². The first-order valence-electron chi connectivity index (χ1n) is 6.98. The van der Waals surface area contributed by atoms with Crippen molar-refractivity contribution in [2.45, 2.75) is 57.5 Å². The van der Waals surface area contributed by atoms with Gasteiger partial charge < -0.3 is 16.0 Å². The third kappa shape index (κ3) is 3.35. The van der Waals surface area contributed by atoms with Crippen LogP contribution < -0.4 is 11.1 Å². The number of carbonyl (C=O) groups is 1. The van der Waals surface area contributed by atoms with Crippen molar-refractivity contribution >= 4 is 6.03 Å². The van der Waals surface area contributed by atoms with Crippen LogP contribution in [0.2, 0.25) is 0 Å². The molecule has 1 heterocycles. The summed E-state index contributed by atoms with van der Waals surface area (Å²) >= 11 is 0. The molecule has 0 bridgehead atoms. The van der Waals surface area contributed by atoms with Crippen LogP contribution >= 0.6 is 0 Å². The van der Waals surface area contributed by atoms with Gasteiger partial charge in [0.1, 0.15) is 0 Å². The quantitative estimate of drug-likeness (QED) is 0.731. The molecule has 2 aliphatic rings. The summed E-state index contributed by atoms with van der Waals surface area (Å²) in [5.41, 5.74) is 6.05. The number of nitrogens with two attached hydrogens (primary N) is 1. The van der Waals surface area contributed by atoms with Gasteiger partial charge in [-0.1, -0.05) is 19.8 Å². The van der Waals surface area contributed by atoms with Crippen LogP contribution in [-0.4, -0.2) is 36.1 Å². The van der Waals surface area contributed by atoms with E-state index >= 15 is 0 Å². The van der Waals surface area contributed by atoms with Gasteiger partial charge in [-0.3, -0.25) is 0 Å². The van der Waals surface area contributed by atoms with Gasteiger partial charge in [-0.15, -0.1) is 0 Å². The monoisotopic (exact) mass is 239 g/mol. The summed E-state index contributed by atoms with van der Waals surface area (Å²) in [5, 5.41) is 3.12. The lowest BCUT2D eigenvalue weighted by Crippen LogP contribution is -2.54. The van der Waals surface area contributed by atoms with E-state index in [9.17, 15) is 4.79 Å². The molecule has 4 heteroatoms. The Hall–Kier alpha value is -0.770. The molecular formula is C13H25N3O. The lowest BCUT2D eigenvalue weighted by atomic mass is 9.91. The number of amides is 2. The Morgan fingerprint density at radius 1 is 1.24 bits per heavy atom. The summed E-state index contributed by atoms with van der Waals surface area (Å²) in [7, 11) is 0. The number of hydrogen-bond donors (Lipinski definition) is 2. The molecule has 0 aromatic rings. The number of piperidine rings is 1.